The van der Waals surface area contributed by atoms with Gasteiger partial charge in [0.25, 0.3) is 0 Å². The molecule has 2 rings (SSSR count). The maximum absolute atomic E-state index is 14.0. The molecule has 4 nitrogen and oxygen atoms in total. The molecule has 1 aromatic rings. The van der Waals surface area contributed by atoms with Crippen LogP contribution in [-0.4, -0.2) is 54.1 Å². The molecule has 1 aliphatic rings. The van der Waals surface area contributed by atoms with E-state index in [2.05, 4.69) is 11.8 Å². The summed E-state index contributed by atoms with van der Waals surface area (Å²) in [6.45, 7) is 2.18. The van der Waals surface area contributed by atoms with E-state index in [-0.39, 0.29) is 18.3 Å². The molecule has 21 heavy (non-hydrogen) atoms. The van der Waals surface area contributed by atoms with E-state index in [1.54, 1.807) is 24.1 Å². The smallest absolute Gasteiger partial charge is 0.236 e. The first kappa shape index (κ1) is 15.5. The number of hydrogen-bond donors (Lipinski definition) is 1. The Morgan fingerprint density at radius 1 is 1.38 bits per heavy atom. The fraction of sp³-hybridized carbons (Fsp3) is 0.438. The van der Waals surface area contributed by atoms with Gasteiger partial charge in [-0.2, -0.15) is 0 Å². The Hall–Kier alpha value is -1.90. The molecule has 112 valence electrons. The molecule has 5 heteroatoms. The van der Waals surface area contributed by atoms with Crippen LogP contribution in [0.25, 0.3) is 0 Å². The van der Waals surface area contributed by atoms with Crippen LogP contribution in [0.2, 0.25) is 0 Å². The predicted molar refractivity (Wildman–Crippen MR) is 77.9 cm³/mol. The summed E-state index contributed by atoms with van der Waals surface area (Å²) >= 11 is 0. The second-order valence-corrected chi connectivity index (χ2v) is 5.11. The Morgan fingerprint density at radius 2 is 2.19 bits per heavy atom. The Morgan fingerprint density at radius 3 is 2.86 bits per heavy atom. The number of halogens is 1. The standard InChI is InChI=1S/C16H19FN2O2/c1-18-7-8-19(12-16(18)21)11-14-6-5-13(10-15(14)17)4-2-3-9-20/h5-6,10,20H,3,7-9,11-12H2,1H3. The molecule has 1 amide bonds. The molecule has 0 saturated carbocycles. The second-order valence-electron chi connectivity index (χ2n) is 5.11. The van der Waals surface area contributed by atoms with E-state index in [1.165, 1.54) is 6.07 Å². The normalized spacial score (nSPS) is 15.8. The van der Waals surface area contributed by atoms with Crippen molar-refractivity contribution in [1.29, 1.82) is 0 Å². The van der Waals surface area contributed by atoms with Crippen LogP contribution in [0.3, 0.4) is 0 Å². The highest BCUT2D eigenvalue weighted by atomic mass is 19.1. The molecule has 0 atom stereocenters. The predicted octanol–water partition coefficient (Wildman–Crippen LogP) is 0.834. The third-order valence-electron chi connectivity index (χ3n) is 3.45. The molecule has 0 bridgehead atoms. The van der Waals surface area contributed by atoms with E-state index in [9.17, 15) is 9.18 Å². The molecule has 0 radical (unpaired) electrons. The summed E-state index contributed by atoms with van der Waals surface area (Å²) < 4.78 is 14.0. The molecule has 1 heterocycles. The minimum Gasteiger partial charge on any atom is -0.395 e. The molecule has 0 unspecified atom stereocenters. The number of aliphatic hydroxyl groups excluding tert-OH is 1. The number of hydrogen-bond acceptors (Lipinski definition) is 3. The lowest BCUT2D eigenvalue weighted by atomic mass is 10.1. The lowest BCUT2D eigenvalue weighted by molar-refractivity contribution is -0.134. The van der Waals surface area contributed by atoms with Crippen LogP contribution in [0.1, 0.15) is 17.5 Å². The average molecular weight is 290 g/mol. The quantitative estimate of drug-likeness (QED) is 0.839. The van der Waals surface area contributed by atoms with Gasteiger partial charge in [0.1, 0.15) is 5.82 Å². The van der Waals surface area contributed by atoms with Crippen molar-refractivity contribution in [3.8, 4) is 11.8 Å². The van der Waals surface area contributed by atoms with Gasteiger partial charge in [0.2, 0.25) is 5.91 Å². The van der Waals surface area contributed by atoms with E-state index < -0.39 is 0 Å². The molecule has 1 fully saturated rings. The van der Waals surface area contributed by atoms with Gasteiger partial charge in [0.05, 0.1) is 13.2 Å². The summed E-state index contributed by atoms with van der Waals surface area (Å²) in [6, 6.07) is 4.87. The fourth-order valence-corrected chi connectivity index (χ4v) is 2.16. The van der Waals surface area contributed by atoms with Crippen LogP contribution in [0.4, 0.5) is 4.39 Å². The lowest BCUT2D eigenvalue weighted by Gasteiger charge is -2.31. The molecular formula is C16H19FN2O2. The lowest BCUT2D eigenvalue weighted by Crippen LogP contribution is -2.48. The molecule has 1 N–H and O–H groups in total. The first-order chi connectivity index (χ1) is 10.1. The Bertz CT molecular complexity index is 577. The van der Waals surface area contributed by atoms with Crippen molar-refractivity contribution in [2.45, 2.75) is 13.0 Å². The summed E-state index contributed by atoms with van der Waals surface area (Å²) in [4.78, 5) is 15.3. The third-order valence-corrected chi connectivity index (χ3v) is 3.45. The summed E-state index contributed by atoms with van der Waals surface area (Å²) in [5, 5.41) is 8.65. The van der Waals surface area contributed by atoms with Crippen LogP contribution >= 0.6 is 0 Å². The second kappa shape index (κ2) is 7.21. The van der Waals surface area contributed by atoms with Crippen molar-refractivity contribution >= 4 is 5.91 Å². The third kappa shape index (κ3) is 4.28. The monoisotopic (exact) mass is 290 g/mol. The maximum Gasteiger partial charge on any atom is 0.236 e. The largest absolute Gasteiger partial charge is 0.395 e. The van der Waals surface area contributed by atoms with Crippen molar-refractivity contribution < 1.29 is 14.3 Å². The van der Waals surface area contributed by atoms with E-state index in [4.69, 9.17) is 5.11 Å². The number of amides is 1. The minimum absolute atomic E-state index is 0.00496. The molecule has 0 aliphatic carbocycles. The van der Waals surface area contributed by atoms with Gasteiger partial charge in [0, 0.05) is 44.2 Å². The van der Waals surface area contributed by atoms with Crippen molar-refractivity contribution in [3.05, 3.63) is 35.1 Å². The van der Waals surface area contributed by atoms with E-state index in [0.717, 1.165) is 6.54 Å². The Balaban J connectivity index is 2.01. The van der Waals surface area contributed by atoms with Crippen molar-refractivity contribution in [2.24, 2.45) is 0 Å². The van der Waals surface area contributed by atoms with Crippen molar-refractivity contribution in [3.63, 3.8) is 0 Å². The van der Waals surface area contributed by atoms with Gasteiger partial charge in [-0.3, -0.25) is 9.69 Å². The van der Waals surface area contributed by atoms with Crippen molar-refractivity contribution in [2.75, 3.05) is 33.3 Å². The van der Waals surface area contributed by atoms with Crippen LogP contribution < -0.4 is 0 Å². The minimum atomic E-state index is -0.308. The van der Waals surface area contributed by atoms with Gasteiger partial charge in [0.15, 0.2) is 0 Å². The van der Waals surface area contributed by atoms with Gasteiger partial charge < -0.3 is 10.0 Å². The summed E-state index contributed by atoms with van der Waals surface area (Å²) in [5.41, 5.74) is 1.17. The summed E-state index contributed by atoms with van der Waals surface area (Å²) in [6.07, 6.45) is 0.382. The van der Waals surface area contributed by atoms with Gasteiger partial charge in [-0.05, 0) is 12.1 Å². The zero-order valence-corrected chi connectivity index (χ0v) is 12.1. The first-order valence-corrected chi connectivity index (χ1v) is 6.94. The maximum atomic E-state index is 14.0. The van der Waals surface area contributed by atoms with Crippen LogP contribution in [-0.2, 0) is 11.3 Å². The van der Waals surface area contributed by atoms with Crippen LogP contribution in [0, 0.1) is 17.7 Å². The van der Waals surface area contributed by atoms with E-state index in [1.807, 2.05) is 4.90 Å². The van der Waals surface area contributed by atoms with Crippen LogP contribution in [0.15, 0.2) is 18.2 Å². The number of nitrogens with zero attached hydrogens (tertiary/aromatic N) is 2. The van der Waals surface area contributed by atoms with E-state index in [0.29, 0.717) is 37.2 Å². The Kier molecular flexibility index (Phi) is 5.32. The average Bonchev–Trinajstić information content (AvgIpc) is 2.46. The molecule has 1 aliphatic heterocycles. The molecule has 0 aromatic heterocycles. The highest BCUT2D eigenvalue weighted by Gasteiger charge is 2.21. The zero-order chi connectivity index (χ0) is 15.2. The van der Waals surface area contributed by atoms with Crippen LogP contribution in [0.5, 0.6) is 0 Å². The number of piperazine rings is 1. The van der Waals surface area contributed by atoms with Crippen molar-refractivity contribution in [1.82, 2.24) is 9.80 Å². The molecule has 1 aromatic carbocycles. The summed E-state index contributed by atoms with van der Waals surface area (Å²) in [7, 11) is 1.78. The van der Waals surface area contributed by atoms with E-state index >= 15 is 0 Å². The topological polar surface area (TPSA) is 43.8 Å². The number of likely N-dealkylation sites (N-methyl/N-ethyl adjacent to an activating group) is 1. The summed E-state index contributed by atoms with van der Waals surface area (Å²) in [5.74, 6) is 5.32. The number of aliphatic hydroxyl groups is 1. The van der Waals surface area contributed by atoms with Gasteiger partial charge in [-0.15, -0.1) is 0 Å². The molecule has 0 spiro atoms. The number of benzene rings is 1. The first-order valence-electron chi connectivity index (χ1n) is 6.94. The van der Waals surface area contributed by atoms with Gasteiger partial charge in [-0.25, -0.2) is 4.39 Å². The van der Waals surface area contributed by atoms with Gasteiger partial charge in [-0.1, -0.05) is 17.9 Å². The Labute approximate surface area is 124 Å². The number of carbonyl (C=O) groups excluding carboxylic acids is 1. The molecular weight excluding hydrogens is 271 g/mol. The highest BCUT2D eigenvalue weighted by molar-refractivity contribution is 5.78. The number of carbonyl (C=O) groups is 1. The zero-order valence-electron chi connectivity index (χ0n) is 12.1. The fourth-order valence-electron chi connectivity index (χ4n) is 2.16. The SMILES string of the molecule is CN1CCN(Cc2ccc(C#CCCO)cc2F)CC1=O. The highest BCUT2D eigenvalue weighted by Crippen LogP contribution is 2.14. The molecule has 1 saturated heterocycles. The number of rotatable bonds is 3. The van der Waals surface area contributed by atoms with Gasteiger partial charge >= 0.3 is 0 Å².